The van der Waals surface area contributed by atoms with Crippen molar-refractivity contribution in [1.29, 1.82) is 5.26 Å². The van der Waals surface area contributed by atoms with Gasteiger partial charge in [0.15, 0.2) is 0 Å². The Hall–Kier alpha value is -1.36. The van der Waals surface area contributed by atoms with Crippen molar-refractivity contribution in [2.24, 2.45) is 17.8 Å². The number of fused-ring (bicyclic) bond motifs is 1. The smallest absolute Gasteiger partial charge is 0.141 e. The molecular weight excluding hydrogens is 285 g/mol. The lowest BCUT2D eigenvalue weighted by molar-refractivity contribution is 0.113. The molecule has 1 aromatic rings. The molecule has 2 saturated carbocycles. The Morgan fingerprint density at radius 1 is 1.13 bits per heavy atom. The third kappa shape index (κ3) is 3.77. The summed E-state index contributed by atoms with van der Waals surface area (Å²) in [6.07, 6.45) is 12.0. The number of nitrogens with zero attached hydrogens (tertiary/aromatic N) is 1. The van der Waals surface area contributed by atoms with Crippen molar-refractivity contribution in [3.8, 4) is 6.07 Å². The number of nitriles is 1. The van der Waals surface area contributed by atoms with Crippen LogP contribution in [0.25, 0.3) is 0 Å². The van der Waals surface area contributed by atoms with Gasteiger partial charge in [-0.2, -0.15) is 5.26 Å². The third-order valence-electron chi connectivity index (χ3n) is 6.27. The first kappa shape index (κ1) is 16.5. The van der Waals surface area contributed by atoms with Crippen LogP contribution in [-0.2, 0) is 0 Å². The topological polar surface area (TPSA) is 23.8 Å². The first-order valence-electron chi connectivity index (χ1n) is 9.40. The zero-order valence-electron chi connectivity index (χ0n) is 14.2. The van der Waals surface area contributed by atoms with Crippen molar-refractivity contribution in [3.05, 3.63) is 35.1 Å². The highest BCUT2D eigenvalue weighted by molar-refractivity contribution is 5.35. The Bertz CT molecular complexity index is 574. The standard InChI is InChI=1S/C21H28FN/c1-2-3-4-15-5-6-17-12-18(8-7-16(17)11-15)19-9-10-20(14-23)21(22)13-19/h9-10,13,15-18H,2-8,11-12H2,1H3. The van der Waals surface area contributed by atoms with Gasteiger partial charge in [0.05, 0.1) is 5.56 Å². The van der Waals surface area contributed by atoms with E-state index in [1.165, 1.54) is 57.8 Å². The Morgan fingerprint density at radius 2 is 1.91 bits per heavy atom. The van der Waals surface area contributed by atoms with E-state index in [9.17, 15) is 4.39 Å². The molecule has 1 nitrogen and oxygen atoms in total. The SMILES string of the molecule is CCCCC1CCC2CC(c3ccc(C#N)c(F)c3)CCC2C1. The van der Waals surface area contributed by atoms with E-state index in [4.69, 9.17) is 5.26 Å². The van der Waals surface area contributed by atoms with E-state index >= 15 is 0 Å². The van der Waals surface area contributed by atoms with Crippen molar-refractivity contribution < 1.29 is 4.39 Å². The Kier molecular flexibility index (Phi) is 5.36. The molecule has 4 unspecified atom stereocenters. The van der Waals surface area contributed by atoms with E-state index in [1.54, 1.807) is 12.1 Å². The average Bonchev–Trinajstić information content (AvgIpc) is 2.59. The molecule has 0 spiro atoms. The summed E-state index contributed by atoms with van der Waals surface area (Å²) in [5, 5.41) is 8.87. The zero-order chi connectivity index (χ0) is 16.2. The number of unbranched alkanes of at least 4 members (excludes halogenated alkanes) is 1. The van der Waals surface area contributed by atoms with Crippen LogP contribution in [0.5, 0.6) is 0 Å². The molecule has 1 aromatic carbocycles. The van der Waals surface area contributed by atoms with Crippen molar-refractivity contribution in [2.75, 3.05) is 0 Å². The molecule has 0 saturated heterocycles. The van der Waals surface area contributed by atoms with Crippen molar-refractivity contribution in [2.45, 2.75) is 70.6 Å². The minimum absolute atomic E-state index is 0.166. The van der Waals surface area contributed by atoms with Gasteiger partial charge in [-0.3, -0.25) is 0 Å². The Morgan fingerprint density at radius 3 is 2.65 bits per heavy atom. The van der Waals surface area contributed by atoms with E-state index in [0.29, 0.717) is 5.92 Å². The highest BCUT2D eigenvalue weighted by Gasteiger charge is 2.35. The van der Waals surface area contributed by atoms with Gasteiger partial charge >= 0.3 is 0 Å². The summed E-state index contributed by atoms with van der Waals surface area (Å²) in [4.78, 5) is 0. The van der Waals surface area contributed by atoms with Crippen molar-refractivity contribution in [3.63, 3.8) is 0 Å². The lowest BCUT2D eigenvalue weighted by atomic mass is 9.63. The maximum absolute atomic E-state index is 13.9. The molecule has 0 aliphatic heterocycles. The van der Waals surface area contributed by atoms with Crippen LogP contribution in [0.15, 0.2) is 18.2 Å². The van der Waals surface area contributed by atoms with E-state index < -0.39 is 0 Å². The fourth-order valence-electron chi connectivity index (χ4n) is 4.92. The first-order valence-corrected chi connectivity index (χ1v) is 9.40. The molecule has 2 aliphatic rings. The number of hydrogen-bond donors (Lipinski definition) is 0. The summed E-state index contributed by atoms with van der Waals surface area (Å²) in [7, 11) is 0. The third-order valence-corrected chi connectivity index (χ3v) is 6.27. The van der Waals surface area contributed by atoms with Crippen LogP contribution in [0.3, 0.4) is 0 Å². The Labute approximate surface area is 139 Å². The van der Waals surface area contributed by atoms with Crippen LogP contribution in [-0.4, -0.2) is 0 Å². The summed E-state index contributed by atoms with van der Waals surface area (Å²) in [6.45, 7) is 2.29. The van der Waals surface area contributed by atoms with Crippen LogP contribution in [0.2, 0.25) is 0 Å². The van der Waals surface area contributed by atoms with Crippen LogP contribution in [0.1, 0.15) is 81.8 Å². The van der Waals surface area contributed by atoms with Crippen LogP contribution < -0.4 is 0 Å². The molecular formula is C21H28FN. The number of halogens is 1. The molecule has 4 atom stereocenters. The monoisotopic (exact) mass is 313 g/mol. The molecule has 2 fully saturated rings. The summed E-state index contributed by atoms with van der Waals surface area (Å²) >= 11 is 0. The van der Waals surface area contributed by atoms with Crippen molar-refractivity contribution in [1.82, 2.24) is 0 Å². The van der Waals surface area contributed by atoms with E-state index in [0.717, 1.165) is 23.3 Å². The second kappa shape index (κ2) is 7.47. The largest absolute Gasteiger partial charge is 0.206 e. The van der Waals surface area contributed by atoms with Gasteiger partial charge < -0.3 is 0 Å². The fourth-order valence-corrected chi connectivity index (χ4v) is 4.92. The molecule has 0 N–H and O–H groups in total. The van der Waals surface area contributed by atoms with Gasteiger partial charge in [0, 0.05) is 0 Å². The molecule has 23 heavy (non-hydrogen) atoms. The molecule has 3 rings (SSSR count). The number of benzene rings is 1. The molecule has 0 bridgehead atoms. The van der Waals surface area contributed by atoms with Gasteiger partial charge in [-0.25, -0.2) is 4.39 Å². The Balaban J connectivity index is 1.61. The van der Waals surface area contributed by atoms with Crippen LogP contribution in [0.4, 0.5) is 4.39 Å². The lowest BCUT2D eigenvalue weighted by Gasteiger charge is -2.42. The summed E-state index contributed by atoms with van der Waals surface area (Å²) in [6, 6.07) is 7.15. The highest BCUT2D eigenvalue weighted by Crippen LogP contribution is 2.48. The second-order valence-electron chi connectivity index (χ2n) is 7.70. The average molecular weight is 313 g/mol. The first-order chi connectivity index (χ1) is 11.2. The highest BCUT2D eigenvalue weighted by atomic mass is 19.1. The molecule has 124 valence electrons. The van der Waals surface area contributed by atoms with Gasteiger partial charge in [-0.1, -0.05) is 38.7 Å². The molecule has 2 heteroatoms. The van der Waals surface area contributed by atoms with Gasteiger partial charge in [0.25, 0.3) is 0 Å². The molecule has 2 aliphatic carbocycles. The second-order valence-corrected chi connectivity index (χ2v) is 7.70. The van der Waals surface area contributed by atoms with Gasteiger partial charge in [-0.05, 0) is 73.5 Å². The normalized spacial score (nSPS) is 30.5. The van der Waals surface area contributed by atoms with E-state index in [1.807, 2.05) is 12.1 Å². The zero-order valence-corrected chi connectivity index (χ0v) is 14.2. The lowest BCUT2D eigenvalue weighted by Crippen LogP contribution is -2.30. The summed E-state index contributed by atoms with van der Waals surface area (Å²) < 4.78 is 13.9. The number of hydrogen-bond acceptors (Lipinski definition) is 1. The summed E-state index contributed by atoms with van der Waals surface area (Å²) in [5.74, 6) is 2.84. The molecule has 0 amide bonds. The van der Waals surface area contributed by atoms with Crippen LogP contribution >= 0.6 is 0 Å². The quantitative estimate of drug-likeness (QED) is 0.650. The fraction of sp³-hybridized carbons (Fsp3) is 0.667. The minimum atomic E-state index is -0.351. The van der Waals surface area contributed by atoms with Gasteiger partial charge in [0.2, 0.25) is 0 Å². The minimum Gasteiger partial charge on any atom is -0.206 e. The van der Waals surface area contributed by atoms with Crippen molar-refractivity contribution >= 4 is 0 Å². The predicted molar refractivity (Wildman–Crippen MR) is 91.6 cm³/mol. The predicted octanol–water partition coefficient (Wildman–Crippen LogP) is 6.19. The molecule has 0 heterocycles. The molecule has 0 aromatic heterocycles. The van der Waals surface area contributed by atoms with Gasteiger partial charge in [-0.15, -0.1) is 0 Å². The van der Waals surface area contributed by atoms with E-state index in [2.05, 4.69) is 6.92 Å². The van der Waals surface area contributed by atoms with E-state index in [-0.39, 0.29) is 11.4 Å². The maximum Gasteiger partial charge on any atom is 0.141 e. The summed E-state index contributed by atoms with van der Waals surface area (Å²) in [5.41, 5.74) is 1.27. The maximum atomic E-state index is 13.9. The molecule has 0 radical (unpaired) electrons. The van der Waals surface area contributed by atoms with Gasteiger partial charge in [0.1, 0.15) is 11.9 Å². The number of rotatable bonds is 4. The van der Waals surface area contributed by atoms with Crippen LogP contribution in [0, 0.1) is 34.9 Å².